The van der Waals surface area contributed by atoms with Crippen LogP contribution in [0.1, 0.15) is 15.9 Å². The zero-order valence-corrected chi connectivity index (χ0v) is 11.0. The van der Waals surface area contributed by atoms with Crippen LogP contribution >= 0.6 is 0 Å². The van der Waals surface area contributed by atoms with Gasteiger partial charge in [-0.25, -0.2) is 0 Å². The summed E-state index contributed by atoms with van der Waals surface area (Å²) >= 11 is 0. The first-order valence-corrected chi connectivity index (χ1v) is 6.60. The molecule has 0 atom stereocenters. The fourth-order valence-electron chi connectivity index (χ4n) is 2.26. The highest BCUT2D eigenvalue weighted by Crippen LogP contribution is 2.19. The van der Waals surface area contributed by atoms with Crippen LogP contribution in [-0.4, -0.2) is 5.78 Å². The number of hydrogen-bond acceptors (Lipinski definition) is 1. The van der Waals surface area contributed by atoms with E-state index in [0.29, 0.717) is 5.56 Å². The molecular weight excluding hydrogens is 244 g/mol. The molecule has 0 aromatic heterocycles. The number of ketones is 1. The maximum Gasteiger partial charge on any atom is 0.185 e. The second-order valence-corrected chi connectivity index (χ2v) is 4.63. The fourth-order valence-corrected chi connectivity index (χ4v) is 2.26. The lowest BCUT2D eigenvalue weighted by Gasteiger charge is -2.01. The molecule has 3 aromatic carbocycles. The first-order valence-electron chi connectivity index (χ1n) is 6.60. The lowest BCUT2D eigenvalue weighted by Crippen LogP contribution is -1.92. The lowest BCUT2D eigenvalue weighted by atomic mass is 10.0. The van der Waals surface area contributed by atoms with E-state index in [4.69, 9.17) is 0 Å². The van der Waals surface area contributed by atoms with E-state index in [1.165, 1.54) is 5.39 Å². The Balaban J connectivity index is 1.94. The summed E-state index contributed by atoms with van der Waals surface area (Å²) in [6.45, 7) is 0. The van der Waals surface area contributed by atoms with E-state index >= 15 is 0 Å². The van der Waals surface area contributed by atoms with Gasteiger partial charge in [0.1, 0.15) is 0 Å². The van der Waals surface area contributed by atoms with Gasteiger partial charge in [0.05, 0.1) is 0 Å². The molecule has 0 bridgehead atoms. The Morgan fingerprint density at radius 2 is 1.45 bits per heavy atom. The van der Waals surface area contributed by atoms with Crippen LogP contribution in [0.5, 0.6) is 0 Å². The lowest BCUT2D eigenvalue weighted by molar-refractivity contribution is 0.104. The van der Waals surface area contributed by atoms with Crippen molar-refractivity contribution in [3.8, 4) is 0 Å². The van der Waals surface area contributed by atoms with Crippen molar-refractivity contribution < 1.29 is 4.79 Å². The molecule has 0 unspecified atom stereocenters. The van der Waals surface area contributed by atoms with Gasteiger partial charge in [0, 0.05) is 5.56 Å². The smallest absolute Gasteiger partial charge is 0.185 e. The molecule has 0 N–H and O–H groups in total. The number of carbonyl (C=O) groups excluding carboxylic acids is 1. The van der Waals surface area contributed by atoms with Gasteiger partial charge in [0.15, 0.2) is 5.78 Å². The van der Waals surface area contributed by atoms with Gasteiger partial charge in [-0.1, -0.05) is 78.9 Å². The normalized spacial score (nSPS) is 11.0. The maximum absolute atomic E-state index is 12.1. The van der Waals surface area contributed by atoms with Crippen molar-refractivity contribution >= 4 is 22.6 Å². The van der Waals surface area contributed by atoms with Gasteiger partial charge in [-0.15, -0.1) is 0 Å². The average molecular weight is 258 g/mol. The van der Waals surface area contributed by atoms with E-state index < -0.39 is 0 Å². The number of rotatable bonds is 3. The van der Waals surface area contributed by atoms with Gasteiger partial charge in [0.25, 0.3) is 0 Å². The van der Waals surface area contributed by atoms with Crippen LogP contribution in [0.25, 0.3) is 16.8 Å². The second kappa shape index (κ2) is 5.54. The Bertz CT molecular complexity index is 765. The van der Waals surface area contributed by atoms with E-state index in [0.717, 1.165) is 10.9 Å². The molecule has 0 aliphatic carbocycles. The average Bonchev–Trinajstić information content (AvgIpc) is 2.53. The summed E-state index contributed by atoms with van der Waals surface area (Å²) in [7, 11) is 0. The Kier molecular flexibility index (Phi) is 3.42. The highest BCUT2D eigenvalue weighted by Gasteiger charge is 2.01. The standard InChI is InChI=1S/C19H14O/c20-19(17-8-2-1-3-9-17)14-13-16-11-6-10-15-7-4-5-12-18(15)16/h1-14H/b14-13-. The van der Waals surface area contributed by atoms with Gasteiger partial charge in [0.2, 0.25) is 0 Å². The molecule has 20 heavy (non-hydrogen) atoms. The van der Waals surface area contributed by atoms with Crippen LogP contribution in [0.3, 0.4) is 0 Å². The van der Waals surface area contributed by atoms with E-state index in [9.17, 15) is 4.79 Å². The van der Waals surface area contributed by atoms with Crippen LogP contribution in [0.4, 0.5) is 0 Å². The monoisotopic (exact) mass is 258 g/mol. The summed E-state index contributed by atoms with van der Waals surface area (Å²) in [5.74, 6) is 0.0264. The minimum Gasteiger partial charge on any atom is -0.289 e. The van der Waals surface area contributed by atoms with Crippen LogP contribution in [0, 0.1) is 0 Å². The number of benzene rings is 3. The summed E-state index contributed by atoms with van der Waals surface area (Å²) in [5, 5.41) is 2.34. The van der Waals surface area contributed by atoms with Crippen molar-refractivity contribution in [3.05, 3.63) is 90.0 Å². The van der Waals surface area contributed by atoms with Crippen molar-refractivity contribution in [2.24, 2.45) is 0 Å². The number of hydrogen-bond donors (Lipinski definition) is 0. The predicted octanol–water partition coefficient (Wildman–Crippen LogP) is 4.74. The molecule has 0 radical (unpaired) electrons. The van der Waals surface area contributed by atoms with Gasteiger partial charge >= 0.3 is 0 Å². The summed E-state index contributed by atoms with van der Waals surface area (Å²) in [4.78, 5) is 12.1. The van der Waals surface area contributed by atoms with Gasteiger partial charge in [-0.2, -0.15) is 0 Å². The molecule has 0 saturated heterocycles. The summed E-state index contributed by atoms with van der Waals surface area (Å²) in [5.41, 5.74) is 1.77. The van der Waals surface area contributed by atoms with E-state index in [2.05, 4.69) is 18.2 Å². The van der Waals surface area contributed by atoms with E-state index in [-0.39, 0.29) is 5.78 Å². The third-order valence-corrected chi connectivity index (χ3v) is 3.30. The highest BCUT2D eigenvalue weighted by molar-refractivity contribution is 6.07. The summed E-state index contributed by atoms with van der Waals surface area (Å²) in [6.07, 6.45) is 3.52. The Labute approximate surface area is 118 Å². The zero-order valence-electron chi connectivity index (χ0n) is 11.0. The molecule has 0 heterocycles. The summed E-state index contributed by atoms with van der Waals surface area (Å²) in [6, 6.07) is 23.6. The molecule has 0 aliphatic rings. The highest BCUT2D eigenvalue weighted by atomic mass is 16.1. The molecule has 1 heteroatoms. The molecule has 0 spiro atoms. The number of carbonyl (C=O) groups is 1. The molecular formula is C19H14O. The van der Waals surface area contributed by atoms with Crippen LogP contribution in [0.2, 0.25) is 0 Å². The van der Waals surface area contributed by atoms with Crippen molar-refractivity contribution in [2.45, 2.75) is 0 Å². The minimum absolute atomic E-state index is 0.0264. The van der Waals surface area contributed by atoms with Crippen LogP contribution < -0.4 is 0 Å². The van der Waals surface area contributed by atoms with E-state index in [1.807, 2.05) is 60.7 Å². The van der Waals surface area contributed by atoms with E-state index in [1.54, 1.807) is 6.08 Å². The van der Waals surface area contributed by atoms with Crippen molar-refractivity contribution in [1.29, 1.82) is 0 Å². The third-order valence-electron chi connectivity index (χ3n) is 3.30. The molecule has 96 valence electrons. The second-order valence-electron chi connectivity index (χ2n) is 4.63. The maximum atomic E-state index is 12.1. The molecule has 0 aliphatic heterocycles. The van der Waals surface area contributed by atoms with Crippen molar-refractivity contribution in [3.63, 3.8) is 0 Å². The number of allylic oxidation sites excluding steroid dienone is 1. The van der Waals surface area contributed by atoms with Gasteiger partial charge in [-0.3, -0.25) is 4.79 Å². The van der Waals surface area contributed by atoms with Gasteiger partial charge in [-0.05, 0) is 22.4 Å². The minimum atomic E-state index is 0.0264. The Morgan fingerprint density at radius 1 is 0.750 bits per heavy atom. The largest absolute Gasteiger partial charge is 0.289 e. The fraction of sp³-hybridized carbons (Fsp3) is 0. The zero-order chi connectivity index (χ0) is 13.8. The van der Waals surface area contributed by atoms with Crippen molar-refractivity contribution in [2.75, 3.05) is 0 Å². The molecule has 0 fully saturated rings. The predicted molar refractivity (Wildman–Crippen MR) is 83.8 cm³/mol. The first-order chi connectivity index (χ1) is 9.84. The molecule has 0 saturated carbocycles. The Hall–Kier alpha value is -2.67. The molecule has 1 nitrogen and oxygen atoms in total. The number of fused-ring (bicyclic) bond motifs is 1. The summed E-state index contributed by atoms with van der Waals surface area (Å²) < 4.78 is 0. The third kappa shape index (κ3) is 2.52. The molecule has 3 aromatic rings. The van der Waals surface area contributed by atoms with Crippen LogP contribution in [-0.2, 0) is 0 Å². The SMILES string of the molecule is O=C(/C=C\c1cccc2ccccc12)c1ccccc1. The topological polar surface area (TPSA) is 17.1 Å². The quantitative estimate of drug-likeness (QED) is 0.490. The van der Waals surface area contributed by atoms with Crippen molar-refractivity contribution in [1.82, 2.24) is 0 Å². The first kappa shape index (κ1) is 12.4. The van der Waals surface area contributed by atoms with Crippen LogP contribution in [0.15, 0.2) is 78.9 Å². The Morgan fingerprint density at radius 3 is 2.30 bits per heavy atom. The molecule has 0 amide bonds. The molecule has 3 rings (SSSR count). The van der Waals surface area contributed by atoms with Gasteiger partial charge < -0.3 is 0 Å².